The predicted octanol–water partition coefficient (Wildman–Crippen LogP) is 2.18. The Morgan fingerprint density at radius 1 is 1.07 bits per heavy atom. The van der Waals surface area contributed by atoms with Crippen molar-refractivity contribution in [2.75, 3.05) is 26.2 Å². The molecule has 0 saturated heterocycles. The minimum atomic E-state index is -4.32. The van der Waals surface area contributed by atoms with Gasteiger partial charge in [-0.1, -0.05) is 19.9 Å². The zero-order valence-corrected chi connectivity index (χ0v) is 17.1. The van der Waals surface area contributed by atoms with Crippen molar-refractivity contribution in [3.8, 4) is 0 Å². The molecule has 2 amide bonds. The van der Waals surface area contributed by atoms with Crippen molar-refractivity contribution in [2.45, 2.75) is 38.5 Å². The van der Waals surface area contributed by atoms with Gasteiger partial charge in [0, 0.05) is 19.6 Å². The Hall–Kier alpha value is -2.62. The number of ether oxygens (including phenoxy) is 1. The number of nitrogens with zero attached hydrogens (tertiary/aromatic N) is 2. The van der Waals surface area contributed by atoms with Crippen molar-refractivity contribution in [3.05, 3.63) is 29.8 Å². The van der Waals surface area contributed by atoms with Crippen LogP contribution in [0.4, 0.5) is 4.79 Å². The normalized spacial score (nSPS) is 11.0. The van der Waals surface area contributed by atoms with Crippen LogP contribution < -0.4 is 0 Å². The van der Waals surface area contributed by atoms with Crippen molar-refractivity contribution >= 4 is 28.0 Å². The second-order valence-corrected chi connectivity index (χ2v) is 7.80. The van der Waals surface area contributed by atoms with Gasteiger partial charge in [0.15, 0.2) is 6.61 Å². The van der Waals surface area contributed by atoms with Crippen LogP contribution in [0.5, 0.6) is 0 Å². The molecule has 156 valence electrons. The molecule has 1 aromatic rings. The molecule has 0 aliphatic rings. The summed E-state index contributed by atoms with van der Waals surface area (Å²) in [6, 6.07) is 4.66. The lowest BCUT2D eigenvalue weighted by Crippen LogP contribution is -2.40. The molecule has 0 unspecified atom stereocenters. The molecule has 28 heavy (non-hydrogen) atoms. The highest BCUT2D eigenvalue weighted by molar-refractivity contribution is 7.89. The number of rotatable bonds is 10. The lowest BCUT2D eigenvalue weighted by atomic mass is 10.2. The lowest BCUT2D eigenvalue weighted by Gasteiger charge is -2.23. The number of carboxylic acids is 1. The summed E-state index contributed by atoms with van der Waals surface area (Å²) in [6.45, 7) is 5.49. The summed E-state index contributed by atoms with van der Waals surface area (Å²) in [7, 11) is -4.32. The summed E-state index contributed by atoms with van der Waals surface area (Å²) in [5, 5.41) is 9.02. The molecule has 1 aromatic carbocycles. The third kappa shape index (κ3) is 5.95. The molecule has 0 saturated carbocycles. The summed E-state index contributed by atoms with van der Waals surface area (Å²) in [5.41, 5.74) is -0.226. The molecular weight excluding hydrogens is 388 g/mol. The van der Waals surface area contributed by atoms with E-state index >= 15 is 0 Å². The average Bonchev–Trinajstić information content (AvgIpc) is 2.66. The largest absolute Gasteiger partial charge is 0.478 e. The quantitative estimate of drug-likeness (QED) is 0.623. The van der Waals surface area contributed by atoms with Gasteiger partial charge in [-0.15, -0.1) is 0 Å². The molecule has 0 aliphatic heterocycles. The number of sulfonamides is 1. The second-order valence-electron chi connectivity index (χ2n) is 5.94. The van der Waals surface area contributed by atoms with Gasteiger partial charge in [0.25, 0.3) is 15.9 Å². The Bertz CT molecular complexity index is 802. The van der Waals surface area contributed by atoms with Crippen LogP contribution in [0, 0.1) is 0 Å². The number of hydrogen-bond acceptors (Lipinski definition) is 6. The van der Waals surface area contributed by atoms with E-state index in [0.29, 0.717) is 17.4 Å². The maximum atomic E-state index is 12.7. The van der Waals surface area contributed by atoms with Gasteiger partial charge in [-0.2, -0.15) is 0 Å². The van der Waals surface area contributed by atoms with Crippen molar-refractivity contribution in [1.29, 1.82) is 0 Å². The van der Waals surface area contributed by atoms with E-state index in [1.165, 1.54) is 25.1 Å². The highest BCUT2D eigenvalue weighted by Crippen LogP contribution is 2.18. The Labute approximate surface area is 164 Å². The van der Waals surface area contributed by atoms with Crippen molar-refractivity contribution in [3.63, 3.8) is 0 Å². The standard InChI is InChI=1S/C18H26N2O7S/c1-4-10-19(11-5-2)16(21)13-27-18(24)20(6-3)28(25,26)15-9-7-8-14(12-15)17(22)23/h7-9,12H,4-6,10-11,13H2,1-3H3,(H,22,23). The minimum Gasteiger partial charge on any atom is -0.478 e. The molecule has 0 spiro atoms. The zero-order valence-electron chi connectivity index (χ0n) is 16.3. The smallest absolute Gasteiger partial charge is 0.424 e. The summed E-state index contributed by atoms with van der Waals surface area (Å²) in [4.78, 5) is 36.7. The van der Waals surface area contributed by atoms with Gasteiger partial charge in [0.1, 0.15) is 0 Å². The molecule has 0 fully saturated rings. The van der Waals surface area contributed by atoms with Gasteiger partial charge in [-0.3, -0.25) is 4.79 Å². The molecule has 0 aromatic heterocycles. The second kappa shape index (κ2) is 10.6. The van der Waals surface area contributed by atoms with Crippen molar-refractivity contribution in [1.82, 2.24) is 9.21 Å². The molecule has 1 N–H and O–H groups in total. The van der Waals surface area contributed by atoms with E-state index in [2.05, 4.69) is 0 Å². The molecule has 1 rings (SSSR count). The third-order valence-electron chi connectivity index (χ3n) is 3.82. The fourth-order valence-corrected chi connectivity index (χ4v) is 3.87. The highest BCUT2D eigenvalue weighted by Gasteiger charge is 2.30. The summed E-state index contributed by atoms with van der Waals surface area (Å²) >= 11 is 0. The number of amides is 2. The number of carboxylic acid groups (broad SMARTS) is 1. The zero-order chi connectivity index (χ0) is 21.3. The van der Waals surface area contributed by atoms with Crippen LogP contribution in [0.3, 0.4) is 0 Å². The van der Waals surface area contributed by atoms with Crippen LogP contribution in [0.2, 0.25) is 0 Å². The maximum Gasteiger partial charge on any atom is 0.424 e. The van der Waals surface area contributed by atoms with E-state index in [-0.39, 0.29) is 17.0 Å². The van der Waals surface area contributed by atoms with E-state index in [0.717, 1.165) is 18.9 Å². The average molecular weight is 414 g/mol. The number of aromatic carboxylic acids is 1. The van der Waals surface area contributed by atoms with Crippen LogP contribution in [0.25, 0.3) is 0 Å². The Morgan fingerprint density at radius 2 is 1.68 bits per heavy atom. The predicted molar refractivity (Wildman–Crippen MR) is 101 cm³/mol. The van der Waals surface area contributed by atoms with E-state index in [9.17, 15) is 22.8 Å². The van der Waals surface area contributed by atoms with Crippen LogP contribution in [-0.2, 0) is 19.6 Å². The monoisotopic (exact) mass is 414 g/mol. The summed E-state index contributed by atoms with van der Waals surface area (Å²) < 4.78 is 30.8. The fraction of sp³-hybridized carbons (Fsp3) is 0.500. The molecule has 10 heteroatoms. The molecular formula is C18H26N2O7S. The molecule has 0 atom stereocenters. The Balaban J connectivity index is 2.94. The van der Waals surface area contributed by atoms with Crippen molar-refractivity contribution < 1.29 is 32.6 Å². The first-order chi connectivity index (χ1) is 13.2. The van der Waals surface area contributed by atoms with Crippen LogP contribution in [0.1, 0.15) is 44.0 Å². The van der Waals surface area contributed by atoms with E-state index in [4.69, 9.17) is 9.84 Å². The summed E-state index contributed by atoms with van der Waals surface area (Å²) in [5.74, 6) is -1.70. The molecule has 0 heterocycles. The molecule has 9 nitrogen and oxygen atoms in total. The molecule has 0 bridgehead atoms. The number of benzene rings is 1. The van der Waals surface area contributed by atoms with Gasteiger partial charge in [-0.25, -0.2) is 22.3 Å². The van der Waals surface area contributed by atoms with Crippen LogP contribution in [-0.4, -0.2) is 66.9 Å². The van der Waals surface area contributed by atoms with Gasteiger partial charge < -0.3 is 14.7 Å². The van der Waals surface area contributed by atoms with E-state index in [1.54, 1.807) is 4.90 Å². The number of hydrogen-bond donors (Lipinski definition) is 1. The minimum absolute atomic E-state index is 0.226. The van der Waals surface area contributed by atoms with Crippen molar-refractivity contribution in [2.24, 2.45) is 0 Å². The van der Waals surface area contributed by atoms with E-state index < -0.39 is 34.6 Å². The first-order valence-corrected chi connectivity index (χ1v) is 10.4. The van der Waals surface area contributed by atoms with E-state index in [1.807, 2.05) is 13.8 Å². The van der Waals surface area contributed by atoms with Gasteiger partial charge in [0.2, 0.25) is 0 Å². The number of carbonyl (C=O) groups excluding carboxylic acids is 2. The maximum absolute atomic E-state index is 12.7. The number of carbonyl (C=O) groups is 3. The van der Waals surface area contributed by atoms with Gasteiger partial charge >= 0.3 is 12.1 Å². The topological polar surface area (TPSA) is 121 Å². The van der Waals surface area contributed by atoms with Gasteiger partial charge in [0.05, 0.1) is 10.5 Å². The SMILES string of the molecule is CCCN(CCC)C(=O)COC(=O)N(CC)S(=O)(=O)c1cccc(C(=O)O)c1. The highest BCUT2D eigenvalue weighted by atomic mass is 32.2. The molecule has 0 aliphatic carbocycles. The molecule has 0 radical (unpaired) electrons. The van der Waals surface area contributed by atoms with Crippen LogP contribution >= 0.6 is 0 Å². The fourth-order valence-electron chi connectivity index (χ4n) is 2.50. The third-order valence-corrected chi connectivity index (χ3v) is 5.66. The van der Waals surface area contributed by atoms with Gasteiger partial charge in [-0.05, 0) is 38.0 Å². The van der Waals surface area contributed by atoms with Crippen LogP contribution in [0.15, 0.2) is 29.2 Å². The lowest BCUT2D eigenvalue weighted by molar-refractivity contribution is -0.134. The first kappa shape index (κ1) is 23.4. The Morgan fingerprint density at radius 3 is 2.18 bits per heavy atom. The summed E-state index contributed by atoms with van der Waals surface area (Å²) in [6.07, 6.45) is 0.300. The first-order valence-electron chi connectivity index (χ1n) is 8.99. The Kier molecular flexibility index (Phi) is 8.90.